The van der Waals surface area contributed by atoms with Crippen LogP contribution in [0.2, 0.25) is 0 Å². The highest BCUT2D eigenvalue weighted by Crippen LogP contribution is 2.40. The summed E-state index contributed by atoms with van der Waals surface area (Å²) in [5.74, 6) is 2.55. The number of fused-ring (bicyclic) bond motifs is 1. The Bertz CT molecular complexity index is 1010. The summed E-state index contributed by atoms with van der Waals surface area (Å²) in [6.45, 7) is 5.04. The van der Waals surface area contributed by atoms with Crippen LogP contribution in [0.4, 0.5) is 0 Å². The predicted octanol–water partition coefficient (Wildman–Crippen LogP) is 6.95. The molecule has 2 aliphatic rings. The first kappa shape index (κ1) is 20.5. The van der Waals surface area contributed by atoms with Crippen molar-refractivity contribution in [1.29, 1.82) is 5.26 Å². The van der Waals surface area contributed by atoms with Gasteiger partial charge in [-0.05, 0) is 54.4 Å². The number of ether oxygens (including phenoxy) is 1. The molecular weight excluding hydrogens is 372 g/mol. The van der Waals surface area contributed by atoms with Crippen LogP contribution < -0.4 is 4.74 Å². The van der Waals surface area contributed by atoms with Crippen molar-refractivity contribution in [1.82, 2.24) is 4.98 Å². The number of oxazole rings is 1. The number of hydrogen-bond donors (Lipinski definition) is 0. The van der Waals surface area contributed by atoms with Crippen LogP contribution in [-0.4, -0.2) is 11.6 Å². The van der Waals surface area contributed by atoms with E-state index in [4.69, 9.17) is 19.4 Å². The molecule has 1 aromatic heterocycles. The summed E-state index contributed by atoms with van der Waals surface area (Å²) in [4.78, 5) is 4.71. The number of nitrogens with zero attached hydrogens (tertiary/aromatic N) is 2. The number of nitriles is 1. The van der Waals surface area contributed by atoms with E-state index in [0.29, 0.717) is 24.3 Å². The lowest BCUT2D eigenvalue weighted by molar-refractivity contribution is 0.265. The highest BCUT2D eigenvalue weighted by Gasteiger charge is 2.22. The second-order valence-electron chi connectivity index (χ2n) is 8.82. The largest absolute Gasteiger partial charge is 0.493 e. The molecule has 1 heterocycles. The fourth-order valence-corrected chi connectivity index (χ4v) is 4.20. The van der Waals surface area contributed by atoms with Crippen molar-refractivity contribution in [2.24, 2.45) is 11.8 Å². The highest BCUT2D eigenvalue weighted by atomic mass is 16.5. The fraction of sp³-hybridized carbons (Fsp3) is 0.462. The quantitative estimate of drug-likeness (QED) is 0.524. The summed E-state index contributed by atoms with van der Waals surface area (Å²) in [7, 11) is 0. The summed E-state index contributed by atoms with van der Waals surface area (Å²) in [6, 6.07) is 6.48. The SMILES string of the molecule is CC(C)COc1cc2oc(/C=C/C3=CCC(C#N)C=C3)nc2cc1C1CCCCC1. The summed E-state index contributed by atoms with van der Waals surface area (Å²) in [6.07, 6.45) is 17.0. The van der Waals surface area contributed by atoms with E-state index < -0.39 is 0 Å². The van der Waals surface area contributed by atoms with E-state index in [0.717, 1.165) is 28.8 Å². The second kappa shape index (κ2) is 9.34. The van der Waals surface area contributed by atoms with Crippen LogP contribution in [0, 0.1) is 23.2 Å². The van der Waals surface area contributed by atoms with Gasteiger partial charge < -0.3 is 9.15 Å². The first-order chi connectivity index (χ1) is 14.6. The molecule has 1 unspecified atom stereocenters. The third-order valence-corrected chi connectivity index (χ3v) is 5.87. The molecule has 0 radical (unpaired) electrons. The van der Waals surface area contributed by atoms with Gasteiger partial charge in [0.2, 0.25) is 5.89 Å². The van der Waals surface area contributed by atoms with Crippen LogP contribution in [0.1, 0.15) is 69.7 Å². The molecule has 30 heavy (non-hydrogen) atoms. The van der Waals surface area contributed by atoms with Gasteiger partial charge in [0.15, 0.2) is 5.58 Å². The maximum Gasteiger partial charge on any atom is 0.220 e. The topological polar surface area (TPSA) is 59.0 Å². The molecule has 1 saturated carbocycles. The molecular formula is C26H30N2O2. The van der Waals surface area contributed by atoms with Crippen molar-refractivity contribution in [3.05, 3.63) is 53.5 Å². The molecule has 1 atom stereocenters. The molecule has 1 aromatic carbocycles. The third kappa shape index (κ3) is 4.84. The van der Waals surface area contributed by atoms with Gasteiger partial charge >= 0.3 is 0 Å². The van der Waals surface area contributed by atoms with E-state index in [1.165, 1.54) is 37.7 Å². The average Bonchev–Trinajstić information content (AvgIpc) is 3.18. The Balaban J connectivity index is 1.60. The Morgan fingerprint density at radius 1 is 1.23 bits per heavy atom. The molecule has 0 amide bonds. The first-order valence-corrected chi connectivity index (χ1v) is 11.2. The van der Waals surface area contributed by atoms with Crippen LogP contribution in [-0.2, 0) is 0 Å². The van der Waals surface area contributed by atoms with Gasteiger partial charge in [-0.25, -0.2) is 4.98 Å². The van der Waals surface area contributed by atoms with Gasteiger partial charge in [0, 0.05) is 12.1 Å². The van der Waals surface area contributed by atoms with Crippen molar-refractivity contribution >= 4 is 17.2 Å². The highest BCUT2D eigenvalue weighted by molar-refractivity contribution is 5.78. The molecule has 0 spiro atoms. The van der Waals surface area contributed by atoms with Gasteiger partial charge in [0.1, 0.15) is 11.3 Å². The molecule has 1 fully saturated rings. The number of rotatable bonds is 6. The fourth-order valence-electron chi connectivity index (χ4n) is 4.20. The Hall–Kier alpha value is -2.80. The number of allylic oxidation sites excluding steroid dienone is 5. The molecule has 0 N–H and O–H groups in total. The van der Waals surface area contributed by atoms with Gasteiger partial charge in [-0.3, -0.25) is 0 Å². The van der Waals surface area contributed by atoms with Crippen molar-refractivity contribution < 1.29 is 9.15 Å². The van der Waals surface area contributed by atoms with Crippen molar-refractivity contribution in [2.75, 3.05) is 6.61 Å². The minimum atomic E-state index is -0.0195. The molecule has 2 aromatic rings. The average molecular weight is 403 g/mol. The lowest BCUT2D eigenvalue weighted by Gasteiger charge is -2.24. The van der Waals surface area contributed by atoms with Crippen molar-refractivity contribution in [3.8, 4) is 11.8 Å². The predicted molar refractivity (Wildman–Crippen MR) is 120 cm³/mol. The molecule has 4 rings (SSSR count). The molecule has 0 saturated heterocycles. The molecule has 0 aliphatic heterocycles. The van der Waals surface area contributed by atoms with Crippen molar-refractivity contribution in [3.63, 3.8) is 0 Å². The van der Waals surface area contributed by atoms with E-state index >= 15 is 0 Å². The maximum atomic E-state index is 8.99. The Morgan fingerprint density at radius 3 is 2.77 bits per heavy atom. The molecule has 2 aliphatic carbocycles. The lowest BCUT2D eigenvalue weighted by atomic mass is 9.83. The smallest absolute Gasteiger partial charge is 0.220 e. The Kier molecular flexibility index (Phi) is 6.38. The number of hydrogen-bond acceptors (Lipinski definition) is 4. The molecule has 0 bridgehead atoms. The summed E-state index contributed by atoms with van der Waals surface area (Å²) < 4.78 is 12.2. The zero-order chi connectivity index (χ0) is 20.9. The Labute approximate surface area is 178 Å². The summed E-state index contributed by atoms with van der Waals surface area (Å²) in [5.41, 5.74) is 4.02. The molecule has 4 heteroatoms. The van der Waals surface area contributed by atoms with Crippen LogP contribution in [0.3, 0.4) is 0 Å². The Morgan fingerprint density at radius 2 is 2.07 bits per heavy atom. The maximum absolute atomic E-state index is 8.99. The second-order valence-corrected chi connectivity index (χ2v) is 8.82. The van der Waals surface area contributed by atoms with Crippen LogP contribution in [0.25, 0.3) is 17.2 Å². The number of aromatic nitrogens is 1. The van der Waals surface area contributed by atoms with Crippen LogP contribution >= 0.6 is 0 Å². The van der Waals surface area contributed by atoms with Gasteiger partial charge in [0.25, 0.3) is 0 Å². The standard InChI is InChI=1S/C26H30N2O2/c1-18(2)17-29-24-15-25-23(14-22(24)21-6-4-3-5-7-21)28-26(30-25)13-12-19-8-10-20(16-27)11-9-19/h8-10,12-15,18,20-21H,3-7,11,17H2,1-2H3/b13-12+. The van der Waals surface area contributed by atoms with Gasteiger partial charge in [-0.1, -0.05) is 51.3 Å². The van der Waals surface area contributed by atoms with Gasteiger partial charge in [-0.2, -0.15) is 5.26 Å². The minimum Gasteiger partial charge on any atom is -0.493 e. The minimum absolute atomic E-state index is 0.0195. The van der Waals surface area contributed by atoms with E-state index in [2.05, 4.69) is 32.1 Å². The van der Waals surface area contributed by atoms with E-state index in [1.54, 1.807) is 0 Å². The molecule has 156 valence electrons. The monoisotopic (exact) mass is 402 g/mol. The van der Waals surface area contributed by atoms with Crippen molar-refractivity contribution in [2.45, 2.75) is 58.3 Å². The third-order valence-electron chi connectivity index (χ3n) is 5.87. The van der Waals surface area contributed by atoms with Crippen LogP contribution in [0.5, 0.6) is 5.75 Å². The lowest BCUT2D eigenvalue weighted by Crippen LogP contribution is -2.10. The zero-order valence-corrected chi connectivity index (χ0v) is 17.9. The van der Waals surface area contributed by atoms with Gasteiger partial charge in [-0.15, -0.1) is 0 Å². The van der Waals surface area contributed by atoms with E-state index in [-0.39, 0.29) is 5.92 Å². The first-order valence-electron chi connectivity index (χ1n) is 11.2. The molecule has 4 nitrogen and oxygen atoms in total. The normalized spacial score (nSPS) is 20.1. The number of benzene rings is 1. The summed E-state index contributed by atoms with van der Waals surface area (Å²) >= 11 is 0. The van der Waals surface area contributed by atoms with E-state index in [9.17, 15) is 0 Å². The van der Waals surface area contributed by atoms with Gasteiger partial charge in [0.05, 0.1) is 18.6 Å². The zero-order valence-electron chi connectivity index (χ0n) is 17.9. The summed E-state index contributed by atoms with van der Waals surface area (Å²) in [5, 5.41) is 8.99. The van der Waals surface area contributed by atoms with Crippen LogP contribution in [0.15, 0.2) is 46.4 Å². The van der Waals surface area contributed by atoms with E-state index in [1.807, 2.05) is 30.4 Å².